The van der Waals surface area contributed by atoms with Crippen LogP contribution in [0.4, 0.5) is 0 Å². The number of nitrogens with zero attached hydrogens (tertiary/aromatic N) is 1. The Morgan fingerprint density at radius 3 is 2.24 bits per heavy atom. The number of hydrogen-bond acceptors (Lipinski definition) is 4. The van der Waals surface area contributed by atoms with Crippen molar-refractivity contribution in [2.45, 2.75) is 32.2 Å². The van der Waals surface area contributed by atoms with Gasteiger partial charge in [-0.05, 0) is 18.8 Å². The van der Waals surface area contributed by atoms with Crippen molar-refractivity contribution in [1.82, 2.24) is 4.31 Å². The second-order valence-electron chi connectivity index (χ2n) is 5.03. The molecule has 0 aromatic heterocycles. The van der Waals surface area contributed by atoms with E-state index in [4.69, 9.17) is 10.8 Å². The van der Waals surface area contributed by atoms with Crippen molar-refractivity contribution in [3.8, 4) is 0 Å². The van der Waals surface area contributed by atoms with Gasteiger partial charge in [0, 0.05) is 13.1 Å². The van der Waals surface area contributed by atoms with Crippen LogP contribution < -0.4 is 5.73 Å². The maximum atomic E-state index is 11.9. The second-order valence-corrected chi connectivity index (χ2v) is 7.05. The Morgan fingerprint density at radius 1 is 1.41 bits per heavy atom. The van der Waals surface area contributed by atoms with Gasteiger partial charge in [-0.1, -0.05) is 13.8 Å². The highest BCUT2D eigenvalue weighted by atomic mass is 32.2. The molecule has 6 nitrogen and oxygen atoms in total. The van der Waals surface area contributed by atoms with Crippen LogP contribution in [0.5, 0.6) is 0 Å². The van der Waals surface area contributed by atoms with E-state index < -0.39 is 21.5 Å². The van der Waals surface area contributed by atoms with Crippen molar-refractivity contribution in [2.75, 3.05) is 18.8 Å². The summed E-state index contributed by atoms with van der Waals surface area (Å²) in [5.74, 6) is -0.903. The van der Waals surface area contributed by atoms with Gasteiger partial charge < -0.3 is 10.8 Å². The predicted octanol–water partition coefficient (Wildman–Crippen LogP) is -0.150. The molecule has 0 radical (unpaired) electrons. The van der Waals surface area contributed by atoms with Crippen LogP contribution in [0.25, 0.3) is 0 Å². The third kappa shape index (κ3) is 3.40. The number of rotatable bonds is 4. The number of piperidine rings is 1. The third-order valence-electron chi connectivity index (χ3n) is 2.98. The van der Waals surface area contributed by atoms with Gasteiger partial charge in [-0.3, -0.25) is 4.79 Å². The molecule has 7 heteroatoms. The molecule has 0 aromatic carbocycles. The molecule has 1 heterocycles. The Labute approximate surface area is 102 Å². The summed E-state index contributed by atoms with van der Waals surface area (Å²) in [6.07, 6.45) is 0.333. The molecule has 0 atom stereocenters. The molecular weight excluding hydrogens is 244 g/mol. The first-order valence-electron chi connectivity index (χ1n) is 5.67. The highest BCUT2D eigenvalue weighted by molar-refractivity contribution is 7.89. The van der Waals surface area contributed by atoms with Crippen molar-refractivity contribution >= 4 is 16.0 Å². The maximum Gasteiger partial charge on any atom is 0.323 e. The van der Waals surface area contributed by atoms with Gasteiger partial charge in [0.2, 0.25) is 10.0 Å². The number of hydrogen-bond donors (Lipinski definition) is 2. The quantitative estimate of drug-likeness (QED) is 0.735. The molecule has 1 saturated heterocycles. The second kappa shape index (κ2) is 4.91. The molecule has 1 aliphatic heterocycles. The molecule has 0 spiro atoms. The Morgan fingerprint density at radius 2 is 1.88 bits per heavy atom. The van der Waals surface area contributed by atoms with E-state index in [0.717, 1.165) is 0 Å². The largest absolute Gasteiger partial charge is 0.480 e. The van der Waals surface area contributed by atoms with Gasteiger partial charge in [0.05, 0.1) is 5.75 Å². The zero-order valence-corrected chi connectivity index (χ0v) is 11.0. The molecular formula is C10H20N2O4S. The number of aliphatic carboxylic acids is 1. The Balaban J connectivity index is 2.67. The van der Waals surface area contributed by atoms with Gasteiger partial charge in [0.25, 0.3) is 0 Å². The Kier molecular flexibility index (Phi) is 4.16. The average Bonchev–Trinajstić information content (AvgIpc) is 2.16. The fraction of sp³-hybridized carbons (Fsp3) is 0.900. The van der Waals surface area contributed by atoms with Crippen LogP contribution >= 0.6 is 0 Å². The van der Waals surface area contributed by atoms with Gasteiger partial charge in [-0.15, -0.1) is 0 Å². The summed E-state index contributed by atoms with van der Waals surface area (Å²) in [4.78, 5) is 10.9. The first-order chi connectivity index (χ1) is 7.67. The molecule has 0 unspecified atom stereocenters. The number of nitrogens with two attached hydrogens (primary N) is 1. The summed E-state index contributed by atoms with van der Waals surface area (Å²) >= 11 is 0. The van der Waals surface area contributed by atoms with Crippen molar-refractivity contribution in [1.29, 1.82) is 0 Å². The van der Waals surface area contributed by atoms with E-state index in [1.165, 1.54) is 4.31 Å². The van der Waals surface area contributed by atoms with Gasteiger partial charge in [-0.2, -0.15) is 0 Å². The smallest absolute Gasteiger partial charge is 0.323 e. The first-order valence-corrected chi connectivity index (χ1v) is 7.28. The lowest BCUT2D eigenvalue weighted by molar-refractivity contribution is -0.144. The summed E-state index contributed by atoms with van der Waals surface area (Å²) in [7, 11) is -3.27. The average molecular weight is 264 g/mol. The van der Waals surface area contributed by atoms with Gasteiger partial charge in [-0.25, -0.2) is 12.7 Å². The topological polar surface area (TPSA) is 101 Å². The molecule has 0 amide bonds. The zero-order valence-electron chi connectivity index (χ0n) is 10.2. The van der Waals surface area contributed by atoms with E-state index in [-0.39, 0.29) is 37.6 Å². The Bertz CT molecular complexity index is 383. The molecule has 1 fully saturated rings. The maximum absolute atomic E-state index is 11.9. The van der Waals surface area contributed by atoms with E-state index >= 15 is 0 Å². The molecule has 0 saturated carbocycles. The molecule has 1 aliphatic rings. The summed E-state index contributed by atoms with van der Waals surface area (Å²) in [5, 5.41) is 8.94. The van der Waals surface area contributed by atoms with Crippen molar-refractivity contribution in [3.63, 3.8) is 0 Å². The van der Waals surface area contributed by atoms with E-state index in [9.17, 15) is 13.2 Å². The molecule has 3 N–H and O–H groups in total. The first kappa shape index (κ1) is 14.4. The lowest BCUT2D eigenvalue weighted by Crippen LogP contribution is -2.56. The van der Waals surface area contributed by atoms with Crippen LogP contribution in [0.3, 0.4) is 0 Å². The monoisotopic (exact) mass is 264 g/mol. The van der Waals surface area contributed by atoms with E-state index in [1.54, 1.807) is 0 Å². The van der Waals surface area contributed by atoms with Gasteiger partial charge >= 0.3 is 5.97 Å². The van der Waals surface area contributed by atoms with E-state index in [0.29, 0.717) is 0 Å². The number of sulfonamides is 1. The van der Waals surface area contributed by atoms with Gasteiger partial charge in [0.1, 0.15) is 5.54 Å². The van der Waals surface area contributed by atoms with E-state index in [1.807, 2.05) is 13.8 Å². The van der Waals surface area contributed by atoms with Crippen LogP contribution in [-0.2, 0) is 14.8 Å². The van der Waals surface area contributed by atoms with Crippen LogP contribution in [-0.4, -0.2) is 48.2 Å². The SMILES string of the molecule is CC(C)CS(=O)(=O)N1CCC(N)(C(=O)O)CC1. The Hall–Kier alpha value is -0.660. The summed E-state index contributed by atoms with van der Waals surface area (Å²) in [5.41, 5.74) is 4.41. The molecule has 0 aliphatic carbocycles. The highest BCUT2D eigenvalue weighted by Gasteiger charge is 2.40. The van der Waals surface area contributed by atoms with Crippen LogP contribution in [0.15, 0.2) is 0 Å². The van der Waals surface area contributed by atoms with Crippen molar-refractivity contribution in [2.24, 2.45) is 11.7 Å². The molecule has 0 bridgehead atoms. The third-order valence-corrected chi connectivity index (χ3v) is 5.22. The molecule has 17 heavy (non-hydrogen) atoms. The van der Waals surface area contributed by atoms with Crippen LogP contribution in [0, 0.1) is 5.92 Å². The number of carbonyl (C=O) groups is 1. The summed E-state index contributed by atoms with van der Waals surface area (Å²) in [6, 6.07) is 0. The molecule has 1 rings (SSSR count). The summed E-state index contributed by atoms with van der Waals surface area (Å²) in [6.45, 7) is 4.06. The predicted molar refractivity (Wildman–Crippen MR) is 64.0 cm³/mol. The van der Waals surface area contributed by atoms with E-state index in [2.05, 4.69) is 0 Å². The van der Waals surface area contributed by atoms with Crippen molar-refractivity contribution < 1.29 is 18.3 Å². The van der Waals surface area contributed by atoms with Crippen LogP contribution in [0.2, 0.25) is 0 Å². The summed E-state index contributed by atoms with van der Waals surface area (Å²) < 4.78 is 25.2. The lowest BCUT2D eigenvalue weighted by atomic mass is 9.90. The fourth-order valence-electron chi connectivity index (χ4n) is 1.90. The minimum absolute atomic E-state index is 0.0593. The minimum Gasteiger partial charge on any atom is -0.480 e. The fourth-order valence-corrected chi connectivity index (χ4v) is 3.70. The van der Waals surface area contributed by atoms with Crippen LogP contribution in [0.1, 0.15) is 26.7 Å². The number of carboxylic acids is 1. The van der Waals surface area contributed by atoms with Crippen molar-refractivity contribution in [3.05, 3.63) is 0 Å². The molecule has 100 valence electrons. The molecule has 0 aromatic rings. The standard InChI is InChI=1S/C10H20N2O4S/c1-8(2)7-17(15,16)12-5-3-10(11,4-6-12)9(13)14/h8H,3-7,11H2,1-2H3,(H,13,14). The zero-order chi connectivity index (χ0) is 13.3. The minimum atomic E-state index is -3.27. The number of carboxylic acid groups (broad SMARTS) is 1. The lowest BCUT2D eigenvalue weighted by Gasteiger charge is -2.35. The highest BCUT2D eigenvalue weighted by Crippen LogP contribution is 2.22. The van der Waals surface area contributed by atoms with Gasteiger partial charge in [0.15, 0.2) is 0 Å². The normalized spacial score (nSPS) is 21.6.